The number of carbonyl (C=O) groups is 1. The van der Waals surface area contributed by atoms with E-state index >= 15 is 0 Å². The Kier molecular flexibility index (Phi) is 6.71. The van der Waals surface area contributed by atoms with E-state index in [0.717, 1.165) is 19.3 Å². The zero-order valence-corrected chi connectivity index (χ0v) is 19.6. The number of ether oxygens (including phenoxy) is 1. The molecule has 1 aliphatic heterocycles. The number of aromatic nitrogens is 1. The molecule has 1 aliphatic rings. The van der Waals surface area contributed by atoms with Crippen LogP contribution in [-0.2, 0) is 21.3 Å². The monoisotopic (exact) mass is 472 g/mol. The van der Waals surface area contributed by atoms with Crippen molar-refractivity contribution < 1.29 is 22.4 Å². The average Bonchev–Trinajstić information content (AvgIpc) is 3.11. The SMILES string of the molecule is Cc1ccc(S(=O)(=O)N2CCCCC2C)cc1C(=O)OCCCn1c(=O)oc2ccccc21. The number of esters is 1. The van der Waals surface area contributed by atoms with Crippen molar-refractivity contribution >= 4 is 27.1 Å². The standard InChI is InChI=1S/C24H28N2O6S/c1-17-11-12-19(33(29,30)26-14-6-5-8-18(26)2)16-20(17)23(27)31-15-7-13-25-21-9-3-4-10-22(21)32-24(25)28/h3-4,9-12,16,18H,5-8,13-15H2,1-2H3. The molecule has 1 saturated heterocycles. The van der Waals surface area contributed by atoms with Crippen molar-refractivity contribution in [3.8, 4) is 0 Å². The molecule has 1 aromatic heterocycles. The van der Waals surface area contributed by atoms with Crippen molar-refractivity contribution in [3.05, 3.63) is 64.1 Å². The summed E-state index contributed by atoms with van der Waals surface area (Å²) in [5.41, 5.74) is 2.07. The Morgan fingerprint density at radius 3 is 2.76 bits per heavy atom. The molecule has 0 saturated carbocycles. The number of nitrogens with zero attached hydrogens (tertiary/aromatic N) is 2. The van der Waals surface area contributed by atoms with Crippen LogP contribution in [0.3, 0.4) is 0 Å². The van der Waals surface area contributed by atoms with Crippen LogP contribution in [0.25, 0.3) is 11.1 Å². The highest BCUT2D eigenvalue weighted by molar-refractivity contribution is 7.89. The predicted molar refractivity (Wildman–Crippen MR) is 124 cm³/mol. The second kappa shape index (κ2) is 9.52. The van der Waals surface area contributed by atoms with Crippen LogP contribution in [0.4, 0.5) is 0 Å². The van der Waals surface area contributed by atoms with Gasteiger partial charge >= 0.3 is 11.7 Å². The normalized spacial score (nSPS) is 17.3. The number of carbonyl (C=O) groups excluding carboxylic acids is 1. The van der Waals surface area contributed by atoms with Crippen LogP contribution in [0.15, 0.2) is 56.6 Å². The third kappa shape index (κ3) is 4.74. The highest BCUT2D eigenvalue weighted by Crippen LogP contribution is 2.26. The molecule has 0 spiro atoms. The minimum absolute atomic E-state index is 0.0668. The molecule has 8 nitrogen and oxygen atoms in total. The number of rotatable bonds is 7. The third-order valence-corrected chi connectivity index (χ3v) is 8.12. The Morgan fingerprint density at radius 2 is 1.97 bits per heavy atom. The van der Waals surface area contributed by atoms with E-state index in [2.05, 4.69) is 0 Å². The van der Waals surface area contributed by atoms with Crippen molar-refractivity contribution in [1.82, 2.24) is 8.87 Å². The number of piperidine rings is 1. The maximum absolute atomic E-state index is 13.1. The highest BCUT2D eigenvalue weighted by atomic mass is 32.2. The molecule has 3 aromatic rings. The minimum atomic E-state index is -3.69. The second-order valence-corrected chi connectivity index (χ2v) is 10.3. The van der Waals surface area contributed by atoms with Crippen molar-refractivity contribution in [2.75, 3.05) is 13.2 Å². The summed E-state index contributed by atoms with van der Waals surface area (Å²) in [6, 6.07) is 11.6. The maximum atomic E-state index is 13.1. The summed E-state index contributed by atoms with van der Waals surface area (Å²) in [6.07, 6.45) is 3.09. The van der Waals surface area contributed by atoms with Gasteiger partial charge in [0.2, 0.25) is 10.0 Å². The summed E-state index contributed by atoms with van der Waals surface area (Å²) < 4.78 is 39.9. The molecule has 1 fully saturated rings. The first-order valence-electron chi connectivity index (χ1n) is 11.2. The fraction of sp³-hybridized carbons (Fsp3) is 0.417. The summed E-state index contributed by atoms with van der Waals surface area (Å²) in [7, 11) is -3.69. The molecule has 33 heavy (non-hydrogen) atoms. The van der Waals surface area contributed by atoms with Gasteiger partial charge in [0.1, 0.15) is 0 Å². The molecule has 9 heteroatoms. The van der Waals surface area contributed by atoms with Crippen molar-refractivity contribution in [1.29, 1.82) is 0 Å². The molecule has 4 rings (SSSR count). The number of aryl methyl sites for hydroxylation is 2. The van der Waals surface area contributed by atoms with E-state index in [9.17, 15) is 18.0 Å². The van der Waals surface area contributed by atoms with Gasteiger partial charge in [0, 0.05) is 19.1 Å². The summed E-state index contributed by atoms with van der Waals surface area (Å²) >= 11 is 0. The Bertz CT molecular complexity index is 1320. The largest absolute Gasteiger partial charge is 0.462 e. The van der Waals surface area contributed by atoms with Crippen LogP contribution in [0.5, 0.6) is 0 Å². The van der Waals surface area contributed by atoms with Crippen LogP contribution in [-0.4, -0.2) is 42.5 Å². The van der Waals surface area contributed by atoms with Gasteiger partial charge in [0.15, 0.2) is 5.58 Å². The second-order valence-electron chi connectivity index (χ2n) is 8.41. The Hall–Kier alpha value is -2.91. The first-order chi connectivity index (χ1) is 15.8. The Morgan fingerprint density at radius 1 is 1.18 bits per heavy atom. The van der Waals surface area contributed by atoms with Crippen molar-refractivity contribution in [3.63, 3.8) is 0 Å². The number of hydrogen-bond donors (Lipinski definition) is 0. The predicted octanol–water partition coefficient (Wildman–Crippen LogP) is 3.71. The average molecular weight is 473 g/mol. The fourth-order valence-corrected chi connectivity index (χ4v) is 5.96. The smallest absolute Gasteiger partial charge is 0.419 e. The quantitative estimate of drug-likeness (QED) is 0.384. The Labute approximate surface area is 192 Å². The molecule has 2 heterocycles. The molecule has 2 aromatic carbocycles. The van der Waals surface area contributed by atoms with Gasteiger partial charge in [-0.25, -0.2) is 18.0 Å². The summed E-state index contributed by atoms with van der Waals surface area (Å²) in [6.45, 7) is 4.56. The van der Waals surface area contributed by atoms with Crippen LogP contribution < -0.4 is 5.76 Å². The van der Waals surface area contributed by atoms with Gasteiger partial charge in [0.25, 0.3) is 0 Å². The van der Waals surface area contributed by atoms with Crippen LogP contribution in [0, 0.1) is 6.92 Å². The topological polar surface area (TPSA) is 98.8 Å². The Balaban J connectivity index is 1.43. The summed E-state index contributed by atoms with van der Waals surface area (Å²) in [5.74, 6) is -1.04. The molecule has 1 unspecified atom stereocenters. The number of sulfonamides is 1. The van der Waals surface area contributed by atoms with E-state index in [4.69, 9.17) is 9.15 Å². The van der Waals surface area contributed by atoms with Crippen molar-refractivity contribution in [2.45, 2.75) is 57.0 Å². The fourth-order valence-electron chi connectivity index (χ4n) is 4.24. The summed E-state index contributed by atoms with van der Waals surface area (Å²) in [5, 5.41) is 0. The van der Waals surface area contributed by atoms with Gasteiger partial charge in [-0.1, -0.05) is 24.6 Å². The maximum Gasteiger partial charge on any atom is 0.419 e. The lowest BCUT2D eigenvalue weighted by Crippen LogP contribution is -2.41. The lowest BCUT2D eigenvalue weighted by atomic mass is 10.1. The van der Waals surface area contributed by atoms with Gasteiger partial charge in [-0.15, -0.1) is 0 Å². The summed E-state index contributed by atoms with van der Waals surface area (Å²) in [4.78, 5) is 24.9. The van der Waals surface area contributed by atoms with Crippen molar-refractivity contribution in [2.24, 2.45) is 0 Å². The first kappa shape index (κ1) is 23.3. The number of hydrogen-bond acceptors (Lipinski definition) is 6. The first-order valence-corrected chi connectivity index (χ1v) is 12.6. The number of oxazole rings is 1. The zero-order chi connectivity index (χ0) is 23.6. The molecule has 0 radical (unpaired) electrons. The van der Waals surface area contributed by atoms with Gasteiger partial charge in [-0.2, -0.15) is 4.31 Å². The number of fused-ring (bicyclic) bond motifs is 1. The molecule has 0 aliphatic carbocycles. The van der Waals surface area contributed by atoms with Crippen LogP contribution in [0.2, 0.25) is 0 Å². The van der Waals surface area contributed by atoms with Crippen LogP contribution >= 0.6 is 0 Å². The van der Waals surface area contributed by atoms with E-state index in [0.29, 0.717) is 36.2 Å². The molecular weight excluding hydrogens is 444 g/mol. The van der Waals surface area contributed by atoms with E-state index in [1.165, 1.54) is 14.9 Å². The minimum Gasteiger partial charge on any atom is -0.462 e. The van der Waals surface area contributed by atoms with E-state index < -0.39 is 21.7 Å². The van der Waals surface area contributed by atoms with E-state index in [-0.39, 0.29) is 23.1 Å². The number of benzene rings is 2. The van der Waals surface area contributed by atoms with Crippen LogP contribution in [0.1, 0.15) is 48.5 Å². The number of para-hydroxylation sites is 2. The molecule has 1 atom stereocenters. The van der Waals surface area contributed by atoms with Gasteiger partial charge in [0.05, 0.1) is 22.6 Å². The highest BCUT2D eigenvalue weighted by Gasteiger charge is 2.31. The lowest BCUT2D eigenvalue weighted by Gasteiger charge is -2.32. The van der Waals surface area contributed by atoms with E-state index in [1.807, 2.05) is 13.0 Å². The molecule has 0 bridgehead atoms. The van der Waals surface area contributed by atoms with Gasteiger partial charge in [-0.3, -0.25) is 4.57 Å². The zero-order valence-electron chi connectivity index (χ0n) is 18.8. The lowest BCUT2D eigenvalue weighted by molar-refractivity contribution is 0.0494. The molecular formula is C24H28N2O6S. The van der Waals surface area contributed by atoms with Gasteiger partial charge < -0.3 is 9.15 Å². The van der Waals surface area contributed by atoms with Gasteiger partial charge in [-0.05, 0) is 62.9 Å². The molecule has 176 valence electrons. The van der Waals surface area contributed by atoms with E-state index in [1.54, 1.807) is 37.3 Å². The third-order valence-electron chi connectivity index (χ3n) is 6.11. The molecule has 0 amide bonds. The molecule has 0 N–H and O–H groups in total.